The number of carbonyl (C=O) groups is 1. The summed E-state index contributed by atoms with van der Waals surface area (Å²) in [7, 11) is 0. The van der Waals surface area contributed by atoms with Crippen LogP contribution < -0.4 is 28.7 Å². The van der Waals surface area contributed by atoms with Crippen molar-refractivity contribution in [3.63, 3.8) is 0 Å². The fraction of sp³-hybridized carbons (Fsp3) is 0.128. The molecule has 5 aromatic rings. The minimum atomic E-state index is -0.603. The molecule has 0 N–H and O–H groups in total. The molecule has 13 rings (SSSR count). The quantitative estimate of drug-likeness (QED) is 0.174. The lowest BCUT2D eigenvalue weighted by Gasteiger charge is -2.35. The van der Waals surface area contributed by atoms with Crippen molar-refractivity contribution in [3.8, 4) is 34.5 Å². The van der Waals surface area contributed by atoms with E-state index in [4.69, 9.17) is 28.9 Å². The second kappa shape index (κ2) is 11.0. The van der Waals surface area contributed by atoms with Gasteiger partial charge in [0.25, 0.3) is 0 Å². The Kier molecular flexibility index (Phi) is 5.93. The predicted molar refractivity (Wildman–Crippen MR) is 212 cm³/mol. The van der Waals surface area contributed by atoms with E-state index in [0.717, 1.165) is 73.8 Å². The molecule has 56 heavy (non-hydrogen) atoms. The molecule has 0 fully saturated rings. The Balaban J connectivity index is 0.935. The van der Waals surface area contributed by atoms with Gasteiger partial charge in [0.1, 0.15) is 35.4 Å². The van der Waals surface area contributed by atoms with E-state index >= 15 is 0 Å². The second-order valence-electron chi connectivity index (χ2n) is 15.1. The van der Waals surface area contributed by atoms with Gasteiger partial charge in [0.05, 0.1) is 40.3 Å². The summed E-state index contributed by atoms with van der Waals surface area (Å²) in [5.41, 5.74) is 8.75. The molecule has 6 heterocycles. The molecule has 5 aliphatic heterocycles. The molecule has 0 bridgehead atoms. The molecule has 8 aliphatic rings. The standard InChI is InChI=1S/C47H30N4O5/c52-47-45-31(17-25(23-48-45)50-33-11-3-7-15-39(33)55-43-21-41-29(19-35(43)50)27-9-1-5-13-37(27)53-41)32-18-26(24-49-46(32)47)51-34-12-4-8-16-40(34)56-44-22-42-30(20-36(44)51)28-10-2-6-14-38(28)54-42/h1-24,27-28,31,37-38,45H. The zero-order valence-electron chi connectivity index (χ0n) is 29.7. The van der Waals surface area contributed by atoms with Gasteiger partial charge in [-0.3, -0.25) is 14.8 Å². The SMILES string of the molecule is O=C1c2ncc(N3c4ccccc4Oc4cc5c(cc43)C3C=CC=CC3O5)cc2C2C=C(N3c4ccccc4Oc4cc5c(cc43)C3C=CC=CC3O5)C=NC12. The summed E-state index contributed by atoms with van der Waals surface area (Å²) >= 11 is 0. The Morgan fingerprint density at radius 3 is 1.80 bits per heavy atom. The topological polar surface area (TPSA) is 85.7 Å². The van der Waals surface area contributed by atoms with E-state index in [1.807, 2.05) is 66.9 Å². The number of ether oxygens (including phenoxy) is 4. The van der Waals surface area contributed by atoms with Gasteiger partial charge < -0.3 is 28.7 Å². The Morgan fingerprint density at radius 1 is 0.554 bits per heavy atom. The van der Waals surface area contributed by atoms with Crippen LogP contribution in [0, 0.1) is 0 Å². The third kappa shape index (κ3) is 4.11. The second-order valence-corrected chi connectivity index (χ2v) is 15.1. The van der Waals surface area contributed by atoms with Crippen LogP contribution in [-0.2, 0) is 0 Å². The summed E-state index contributed by atoms with van der Waals surface area (Å²) in [6.07, 6.45) is 22.5. The van der Waals surface area contributed by atoms with E-state index in [2.05, 4.69) is 82.7 Å². The maximum Gasteiger partial charge on any atom is 0.206 e. The largest absolute Gasteiger partial charge is 0.485 e. The first-order valence-corrected chi connectivity index (χ1v) is 19.0. The first-order chi connectivity index (χ1) is 27.6. The van der Waals surface area contributed by atoms with Gasteiger partial charge in [-0.25, -0.2) is 0 Å². The first kappa shape index (κ1) is 30.2. The van der Waals surface area contributed by atoms with Crippen LogP contribution in [0.1, 0.15) is 44.9 Å². The highest BCUT2D eigenvalue weighted by Gasteiger charge is 2.44. The van der Waals surface area contributed by atoms with Gasteiger partial charge in [0.2, 0.25) is 5.78 Å². The molecule has 0 radical (unpaired) electrons. The molecule has 4 aromatic carbocycles. The number of aliphatic imine (C=N–C) groups is 1. The lowest BCUT2D eigenvalue weighted by molar-refractivity contribution is 0.0967. The fourth-order valence-electron chi connectivity index (χ4n) is 9.52. The molecular weight excluding hydrogens is 701 g/mol. The molecule has 6 atom stereocenters. The van der Waals surface area contributed by atoms with Crippen molar-refractivity contribution >= 4 is 40.4 Å². The van der Waals surface area contributed by atoms with E-state index in [0.29, 0.717) is 17.2 Å². The number of nitrogens with zero attached hydrogens (tertiary/aromatic N) is 4. The monoisotopic (exact) mass is 730 g/mol. The molecule has 3 aliphatic carbocycles. The molecule has 0 saturated carbocycles. The molecule has 0 amide bonds. The van der Waals surface area contributed by atoms with Gasteiger partial charge in [0, 0.05) is 47.2 Å². The Labute approximate surface area is 321 Å². The van der Waals surface area contributed by atoms with Gasteiger partial charge >= 0.3 is 0 Å². The highest BCUT2D eigenvalue weighted by Crippen LogP contribution is 2.57. The van der Waals surface area contributed by atoms with Crippen molar-refractivity contribution < 1.29 is 23.7 Å². The van der Waals surface area contributed by atoms with E-state index in [1.54, 1.807) is 6.20 Å². The van der Waals surface area contributed by atoms with E-state index in [9.17, 15) is 4.79 Å². The molecule has 0 spiro atoms. The Morgan fingerprint density at radius 2 is 1.14 bits per heavy atom. The summed E-state index contributed by atoms with van der Waals surface area (Å²) in [5.74, 6) is 4.31. The molecule has 9 heteroatoms. The smallest absolute Gasteiger partial charge is 0.206 e. The molecule has 6 unspecified atom stereocenters. The predicted octanol–water partition coefficient (Wildman–Crippen LogP) is 10.2. The Hall–Kier alpha value is -7.13. The summed E-state index contributed by atoms with van der Waals surface area (Å²) in [4.78, 5) is 28.2. The number of hydrogen-bond donors (Lipinski definition) is 0. The van der Waals surface area contributed by atoms with Crippen LogP contribution in [0.2, 0.25) is 0 Å². The minimum Gasteiger partial charge on any atom is -0.485 e. The van der Waals surface area contributed by atoms with Crippen LogP contribution in [0.25, 0.3) is 0 Å². The van der Waals surface area contributed by atoms with Crippen LogP contribution in [0.15, 0.2) is 150 Å². The van der Waals surface area contributed by atoms with Gasteiger partial charge in [-0.1, -0.05) is 60.7 Å². The van der Waals surface area contributed by atoms with Crippen LogP contribution in [-0.4, -0.2) is 35.2 Å². The Bertz CT molecular complexity index is 2820. The summed E-state index contributed by atoms with van der Waals surface area (Å²) in [6.45, 7) is 0. The molecule has 0 saturated heterocycles. The number of allylic oxidation sites excluding steroid dienone is 5. The number of fused-ring (bicyclic) bond motifs is 13. The van der Waals surface area contributed by atoms with Crippen molar-refractivity contribution in [2.24, 2.45) is 4.99 Å². The number of aromatic nitrogens is 1. The number of Topliss-reactive ketones (excluding diaryl/α,β-unsaturated/α-hetero) is 1. The number of anilines is 5. The average Bonchev–Trinajstić information content (AvgIpc) is 3.88. The minimum absolute atomic E-state index is 0.0496. The van der Waals surface area contributed by atoms with Crippen LogP contribution in [0.5, 0.6) is 34.5 Å². The van der Waals surface area contributed by atoms with E-state index in [-0.39, 0.29) is 35.7 Å². The fourth-order valence-corrected chi connectivity index (χ4v) is 9.52. The molecule has 268 valence electrons. The van der Waals surface area contributed by atoms with Crippen molar-refractivity contribution in [1.29, 1.82) is 0 Å². The van der Waals surface area contributed by atoms with Crippen molar-refractivity contribution in [3.05, 3.63) is 168 Å². The summed E-state index contributed by atoms with van der Waals surface area (Å²) in [5, 5.41) is 0. The number of ketones is 1. The van der Waals surface area contributed by atoms with Crippen molar-refractivity contribution in [2.45, 2.75) is 36.0 Å². The maximum absolute atomic E-state index is 14.0. The number of hydrogen-bond acceptors (Lipinski definition) is 9. The van der Waals surface area contributed by atoms with Crippen LogP contribution >= 0.6 is 0 Å². The van der Waals surface area contributed by atoms with Gasteiger partial charge in [-0.05, 0) is 66.3 Å². The highest BCUT2D eigenvalue weighted by atomic mass is 16.5. The molecule has 1 aromatic heterocycles. The van der Waals surface area contributed by atoms with Gasteiger partial charge in [-0.2, -0.15) is 0 Å². The summed E-state index contributed by atoms with van der Waals surface area (Å²) < 4.78 is 25.7. The average molecular weight is 731 g/mol. The number of pyridine rings is 1. The third-order valence-electron chi connectivity index (χ3n) is 12.1. The van der Waals surface area contributed by atoms with Gasteiger partial charge in [-0.15, -0.1) is 0 Å². The normalized spacial score (nSPS) is 25.4. The van der Waals surface area contributed by atoms with E-state index in [1.165, 1.54) is 0 Å². The summed E-state index contributed by atoms with van der Waals surface area (Å²) in [6, 6.07) is 25.9. The van der Waals surface area contributed by atoms with Crippen molar-refractivity contribution in [1.82, 2.24) is 4.98 Å². The zero-order valence-corrected chi connectivity index (χ0v) is 29.7. The highest BCUT2D eigenvalue weighted by molar-refractivity contribution is 6.08. The number of para-hydroxylation sites is 4. The van der Waals surface area contributed by atoms with Crippen molar-refractivity contribution in [2.75, 3.05) is 9.80 Å². The molecular formula is C47H30N4O5. The lowest BCUT2D eigenvalue weighted by Crippen LogP contribution is -2.28. The number of benzene rings is 4. The number of rotatable bonds is 2. The lowest BCUT2D eigenvalue weighted by atomic mass is 9.91. The number of dihydropyridines is 1. The third-order valence-corrected chi connectivity index (χ3v) is 12.1. The number of carbonyl (C=O) groups excluding carboxylic acids is 1. The van der Waals surface area contributed by atoms with Crippen LogP contribution in [0.4, 0.5) is 28.4 Å². The van der Waals surface area contributed by atoms with Gasteiger partial charge in [0.15, 0.2) is 23.0 Å². The molecule has 9 nitrogen and oxygen atoms in total. The van der Waals surface area contributed by atoms with Crippen LogP contribution in [0.3, 0.4) is 0 Å². The first-order valence-electron chi connectivity index (χ1n) is 19.0. The zero-order chi connectivity index (χ0) is 36.6. The maximum atomic E-state index is 14.0. The van der Waals surface area contributed by atoms with E-state index < -0.39 is 6.04 Å².